The van der Waals surface area contributed by atoms with E-state index in [2.05, 4.69) is 5.32 Å². The molecule has 2 rings (SSSR count). The van der Waals surface area contributed by atoms with E-state index in [0.29, 0.717) is 12.3 Å². The van der Waals surface area contributed by atoms with Gasteiger partial charge >= 0.3 is 0 Å². The first-order valence-corrected chi connectivity index (χ1v) is 6.37. The van der Waals surface area contributed by atoms with Crippen molar-refractivity contribution in [2.45, 2.75) is 6.61 Å². The van der Waals surface area contributed by atoms with Crippen molar-refractivity contribution in [1.82, 2.24) is 0 Å². The van der Waals surface area contributed by atoms with Gasteiger partial charge in [-0.1, -0.05) is 18.2 Å². The third kappa shape index (κ3) is 3.58. The summed E-state index contributed by atoms with van der Waals surface area (Å²) in [6.45, 7) is 0.382. The van der Waals surface area contributed by atoms with E-state index in [0.717, 1.165) is 11.6 Å². The molecule has 0 radical (unpaired) electrons. The number of nitrogens with one attached hydrogen (secondary N) is 1. The predicted octanol–water partition coefficient (Wildman–Crippen LogP) is 3.23. The van der Waals surface area contributed by atoms with E-state index in [9.17, 15) is 9.18 Å². The molecule has 0 unspecified atom stereocenters. The van der Waals surface area contributed by atoms with Crippen LogP contribution < -0.4 is 10.1 Å². The Balaban J connectivity index is 2.20. The Labute approximate surface area is 122 Å². The summed E-state index contributed by atoms with van der Waals surface area (Å²) < 4.78 is 23.5. The van der Waals surface area contributed by atoms with Crippen molar-refractivity contribution >= 4 is 11.6 Å². The molecule has 110 valence electrons. The molecule has 5 heteroatoms. The van der Waals surface area contributed by atoms with Crippen LogP contribution in [-0.4, -0.2) is 20.1 Å². The van der Waals surface area contributed by atoms with E-state index in [1.54, 1.807) is 13.2 Å². The minimum atomic E-state index is -0.574. The zero-order chi connectivity index (χ0) is 15.2. The van der Waals surface area contributed by atoms with Gasteiger partial charge in [0.25, 0.3) is 5.91 Å². The van der Waals surface area contributed by atoms with Gasteiger partial charge in [0, 0.05) is 23.9 Å². The largest absolute Gasteiger partial charge is 0.494 e. The Morgan fingerprint density at radius 1 is 1.19 bits per heavy atom. The summed E-state index contributed by atoms with van der Waals surface area (Å²) in [5, 5.41) is 2.75. The Kier molecular flexibility index (Phi) is 4.90. The molecule has 0 spiro atoms. The van der Waals surface area contributed by atoms with Crippen LogP contribution >= 0.6 is 0 Å². The molecular formula is C16H16FNO3. The summed E-state index contributed by atoms with van der Waals surface area (Å²) in [5.74, 6) is -0.859. The maximum atomic E-state index is 13.6. The third-order valence-corrected chi connectivity index (χ3v) is 2.98. The maximum Gasteiger partial charge on any atom is 0.255 e. The van der Waals surface area contributed by atoms with Gasteiger partial charge in [0.05, 0.1) is 13.7 Å². The summed E-state index contributed by atoms with van der Waals surface area (Å²) in [7, 11) is 2.95. The summed E-state index contributed by atoms with van der Waals surface area (Å²) >= 11 is 0. The monoisotopic (exact) mass is 289 g/mol. The van der Waals surface area contributed by atoms with E-state index in [4.69, 9.17) is 9.47 Å². The molecule has 1 amide bonds. The number of halogens is 1. The molecule has 0 aliphatic heterocycles. The number of methoxy groups -OCH3 is 2. The zero-order valence-electron chi connectivity index (χ0n) is 11.9. The summed E-state index contributed by atoms with van der Waals surface area (Å²) in [4.78, 5) is 12.2. The fraction of sp³-hybridized carbons (Fsp3) is 0.188. The molecule has 4 nitrogen and oxygen atoms in total. The van der Waals surface area contributed by atoms with E-state index >= 15 is 0 Å². The van der Waals surface area contributed by atoms with E-state index in [-0.39, 0.29) is 17.2 Å². The van der Waals surface area contributed by atoms with Crippen molar-refractivity contribution in [3.8, 4) is 5.75 Å². The lowest BCUT2D eigenvalue weighted by molar-refractivity contribution is 0.102. The first-order valence-electron chi connectivity index (χ1n) is 6.37. The lowest BCUT2D eigenvalue weighted by Gasteiger charge is -2.11. The Morgan fingerprint density at radius 3 is 2.62 bits per heavy atom. The van der Waals surface area contributed by atoms with Gasteiger partial charge in [-0.05, 0) is 24.3 Å². The molecule has 0 saturated heterocycles. The number of rotatable bonds is 5. The van der Waals surface area contributed by atoms with Crippen LogP contribution in [0.4, 0.5) is 10.1 Å². The molecule has 0 aliphatic rings. The van der Waals surface area contributed by atoms with Gasteiger partial charge in [0.2, 0.25) is 0 Å². The molecule has 0 heterocycles. The number of ether oxygens (including phenoxy) is 2. The van der Waals surface area contributed by atoms with E-state index < -0.39 is 5.82 Å². The SMILES string of the molecule is COCc1ccccc1NC(=O)c1ccc(OC)c(F)c1. The highest BCUT2D eigenvalue weighted by atomic mass is 19.1. The van der Waals surface area contributed by atoms with Crippen LogP contribution in [0.3, 0.4) is 0 Å². The number of carbonyl (C=O) groups excluding carboxylic acids is 1. The maximum absolute atomic E-state index is 13.6. The van der Waals surface area contributed by atoms with Crippen LogP contribution in [0.2, 0.25) is 0 Å². The van der Waals surface area contributed by atoms with Crippen molar-refractivity contribution in [1.29, 1.82) is 0 Å². The molecule has 0 aliphatic carbocycles. The quantitative estimate of drug-likeness (QED) is 0.919. The number of hydrogen-bond donors (Lipinski definition) is 1. The lowest BCUT2D eigenvalue weighted by atomic mass is 10.1. The van der Waals surface area contributed by atoms with E-state index in [1.807, 2.05) is 18.2 Å². The highest BCUT2D eigenvalue weighted by molar-refractivity contribution is 6.04. The van der Waals surface area contributed by atoms with Gasteiger partial charge < -0.3 is 14.8 Å². The predicted molar refractivity (Wildman–Crippen MR) is 78.1 cm³/mol. The van der Waals surface area contributed by atoms with Crippen LogP contribution in [0.25, 0.3) is 0 Å². The second-order valence-corrected chi connectivity index (χ2v) is 4.39. The van der Waals surface area contributed by atoms with Crippen molar-refractivity contribution < 1.29 is 18.7 Å². The molecule has 0 fully saturated rings. The summed E-state index contributed by atoms with van der Waals surface area (Å²) in [6, 6.07) is 11.4. The highest BCUT2D eigenvalue weighted by Gasteiger charge is 2.12. The van der Waals surface area contributed by atoms with Crippen LogP contribution in [-0.2, 0) is 11.3 Å². The van der Waals surface area contributed by atoms with Gasteiger partial charge in [0.15, 0.2) is 11.6 Å². The van der Waals surface area contributed by atoms with Crippen LogP contribution in [0, 0.1) is 5.82 Å². The fourth-order valence-corrected chi connectivity index (χ4v) is 1.93. The Hall–Kier alpha value is -2.40. The summed E-state index contributed by atoms with van der Waals surface area (Å²) in [6.07, 6.45) is 0. The van der Waals surface area contributed by atoms with Crippen molar-refractivity contribution in [3.05, 3.63) is 59.4 Å². The van der Waals surface area contributed by atoms with Crippen LogP contribution in [0.1, 0.15) is 15.9 Å². The molecule has 21 heavy (non-hydrogen) atoms. The molecular weight excluding hydrogens is 273 g/mol. The van der Waals surface area contributed by atoms with Crippen LogP contribution in [0.5, 0.6) is 5.75 Å². The number of hydrogen-bond acceptors (Lipinski definition) is 3. The topological polar surface area (TPSA) is 47.6 Å². The molecule has 0 bridgehead atoms. The molecule has 2 aromatic carbocycles. The second kappa shape index (κ2) is 6.85. The van der Waals surface area contributed by atoms with Crippen molar-refractivity contribution in [3.63, 3.8) is 0 Å². The molecule has 0 saturated carbocycles. The number of amides is 1. The minimum absolute atomic E-state index is 0.103. The molecule has 0 aromatic heterocycles. The number of benzene rings is 2. The van der Waals surface area contributed by atoms with Gasteiger partial charge in [-0.25, -0.2) is 4.39 Å². The van der Waals surface area contributed by atoms with Gasteiger partial charge in [0.1, 0.15) is 0 Å². The number of carbonyl (C=O) groups is 1. The van der Waals surface area contributed by atoms with Gasteiger partial charge in [-0.15, -0.1) is 0 Å². The molecule has 0 atom stereocenters. The standard InChI is InChI=1S/C16H16FNO3/c1-20-10-12-5-3-4-6-14(12)18-16(19)11-7-8-15(21-2)13(17)9-11/h3-9H,10H2,1-2H3,(H,18,19). The number of anilines is 1. The second-order valence-electron chi connectivity index (χ2n) is 4.39. The first-order chi connectivity index (χ1) is 10.2. The van der Waals surface area contributed by atoms with Gasteiger partial charge in [-0.3, -0.25) is 4.79 Å². The van der Waals surface area contributed by atoms with Crippen molar-refractivity contribution in [2.75, 3.05) is 19.5 Å². The summed E-state index contributed by atoms with van der Waals surface area (Å²) in [5.41, 5.74) is 1.71. The Morgan fingerprint density at radius 2 is 1.95 bits per heavy atom. The fourth-order valence-electron chi connectivity index (χ4n) is 1.93. The number of para-hydroxylation sites is 1. The van der Waals surface area contributed by atoms with Crippen LogP contribution in [0.15, 0.2) is 42.5 Å². The Bertz CT molecular complexity index is 643. The zero-order valence-corrected chi connectivity index (χ0v) is 11.9. The molecule has 1 N–H and O–H groups in total. The van der Waals surface area contributed by atoms with E-state index in [1.165, 1.54) is 19.2 Å². The van der Waals surface area contributed by atoms with Gasteiger partial charge in [-0.2, -0.15) is 0 Å². The molecule has 2 aromatic rings. The first kappa shape index (κ1) is 15.0. The highest BCUT2D eigenvalue weighted by Crippen LogP contribution is 2.20. The average molecular weight is 289 g/mol. The average Bonchev–Trinajstić information content (AvgIpc) is 2.49. The normalized spacial score (nSPS) is 10.2. The third-order valence-electron chi connectivity index (χ3n) is 2.98. The lowest BCUT2D eigenvalue weighted by Crippen LogP contribution is -2.13. The minimum Gasteiger partial charge on any atom is -0.494 e. The van der Waals surface area contributed by atoms with Crippen molar-refractivity contribution in [2.24, 2.45) is 0 Å². The smallest absolute Gasteiger partial charge is 0.255 e.